The molecule has 0 fully saturated rings. The maximum absolute atomic E-state index is 12.4. The lowest BCUT2D eigenvalue weighted by atomic mass is 10.0. The van der Waals surface area contributed by atoms with E-state index in [0.29, 0.717) is 31.7 Å². The molecule has 2 aromatic carbocycles. The number of nitrogens with two attached hydrogens (primary N) is 1. The van der Waals surface area contributed by atoms with Crippen LogP contribution in [0.3, 0.4) is 0 Å². The summed E-state index contributed by atoms with van der Waals surface area (Å²) in [5.41, 5.74) is 9.74. The fourth-order valence-electron chi connectivity index (χ4n) is 2.77. The molecule has 1 aliphatic rings. The van der Waals surface area contributed by atoms with Gasteiger partial charge in [-0.2, -0.15) is 12.7 Å². The molecule has 3 N–H and O–H groups in total. The number of fused-ring (bicyclic) bond motifs is 1. The maximum Gasteiger partial charge on any atom is 0.279 e. The molecule has 0 aliphatic carbocycles. The van der Waals surface area contributed by atoms with Crippen LogP contribution in [-0.4, -0.2) is 25.8 Å². The summed E-state index contributed by atoms with van der Waals surface area (Å²) in [5, 5.41) is 0. The molecule has 0 saturated heterocycles. The predicted octanol–water partition coefficient (Wildman–Crippen LogP) is 1.70. The molecule has 6 heteroatoms. The highest BCUT2D eigenvalue weighted by Crippen LogP contribution is 2.20. The minimum Gasteiger partial charge on any atom is -0.399 e. The standard InChI is InChI=1S/C17H21N3O2S/c18-17-7-5-14(6-8-17)9-11-19-23(21,22)20-12-10-15-3-1-2-4-16(15)13-20/h1-8,19H,9-13,18H2. The molecule has 0 atom stereocenters. The van der Waals surface area contributed by atoms with E-state index >= 15 is 0 Å². The third kappa shape index (κ3) is 3.90. The van der Waals surface area contributed by atoms with Crippen molar-refractivity contribution in [3.05, 3.63) is 65.2 Å². The lowest BCUT2D eigenvalue weighted by molar-refractivity contribution is 0.384. The summed E-state index contributed by atoms with van der Waals surface area (Å²) in [6, 6.07) is 15.5. The quantitative estimate of drug-likeness (QED) is 0.819. The van der Waals surface area contributed by atoms with Crippen molar-refractivity contribution in [2.45, 2.75) is 19.4 Å². The monoisotopic (exact) mass is 331 g/mol. The Morgan fingerprint density at radius 1 is 1.04 bits per heavy atom. The Morgan fingerprint density at radius 3 is 2.48 bits per heavy atom. The molecule has 0 bridgehead atoms. The van der Waals surface area contributed by atoms with Crippen LogP contribution in [0.15, 0.2) is 48.5 Å². The molecule has 1 aliphatic heterocycles. The van der Waals surface area contributed by atoms with Crippen LogP contribution in [0.5, 0.6) is 0 Å². The van der Waals surface area contributed by atoms with E-state index in [1.54, 1.807) is 0 Å². The molecule has 1 heterocycles. The van der Waals surface area contributed by atoms with Crippen molar-refractivity contribution in [2.75, 3.05) is 18.8 Å². The summed E-state index contributed by atoms with van der Waals surface area (Å²) in [6.45, 7) is 1.34. The van der Waals surface area contributed by atoms with Gasteiger partial charge in [0.15, 0.2) is 0 Å². The zero-order valence-electron chi connectivity index (χ0n) is 12.9. The van der Waals surface area contributed by atoms with E-state index in [0.717, 1.165) is 17.5 Å². The highest BCUT2D eigenvalue weighted by atomic mass is 32.2. The fraction of sp³-hybridized carbons (Fsp3) is 0.294. The summed E-state index contributed by atoms with van der Waals surface area (Å²) < 4.78 is 29.1. The van der Waals surface area contributed by atoms with E-state index in [-0.39, 0.29) is 0 Å². The molecule has 0 radical (unpaired) electrons. The van der Waals surface area contributed by atoms with E-state index in [1.165, 1.54) is 9.87 Å². The molecule has 2 aromatic rings. The van der Waals surface area contributed by atoms with Gasteiger partial charge in [0.2, 0.25) is 0 Å². The SMILES string of the molecule is Nc1ccc(CCNS(=O)(=O)N2CCc3ccccc3C2)cc1. The molecular formula is C17H21N3O2S. The van der Waals surface area contributed by atoms with Gasteiger partial charge in [-0.05, 0) is 41.7 Å². The second kappa shape index (κ2) is 6.70. The van der Waals surface area contributed by atoms with Crippen molar-refractivity contribution < 1.29 is 8.42 Å². The zero-order valence-corrected chi connectivity index (χ0v) is 13.7. The molecule has 0 unspecified atom stereocenters. The minimum atomic E-state index is -3.45. The Labute approximate surface area is 137 Å². The average Bonchev–Trinajstić information content (AvgIpc) is 2.56. The molecule has 0 saturated carbocycles. The van der Waals surface area contributed by atoms with Crippen LogP contribution in [0.25, 0.3) is 0 Å². The second-order valence-corrected chi connectivity index (χ2v) is 7.50. The molecular weight excluding hydrogens is 310 g/mol. The predicted molar refractivity (Wildman–Crippen MR) is 92.0 cm³/mol. The first-order valence-electron chi connectivity index (χ1n) is 7.70. The van der Waals surface area contributed by atoms with Gasteiger partial charge in [-0.15, -0.1) is 0 Å². The van der Waals surface area contributed by atoms with Gasteiger partial charge in [-0.1, -0.05) is 36.4 Å². The smallest absolute Gasteiger partial charge is 0.279 e. The van der Waals surface area contributed by atoms with Crippen LogP contribution in [0.4, 0.5) is 5.69 Å². The summed E-state index contributed by atoms with van der Waals surface area (Å²) in [6.07, 6.45) is 1.40. The van der Waals surface area contributed by atoms with Crippen LogP contribution in [0.1, 0.15) is 16.7 Å². The number of nitrogens with zero attached hydrogens (tertiary/aromatic N) is 1. The number of anilines is 1. The van der Waals surface area contributed by atoms with Crippen molar-refractivity contribution in [1.82, 2.24) is 9.03 Å². The molecule has 122 valence electrons. The van der Waals surface area contributed by atoms with E-state index in [2.05, 4.69) is 10.8 Å². The Morgan fingerprint density at radius 2 is 1.74 bits per heavy atom. The molecule has 23 heavy (non-hydrogen) atoms. The topological polar surface area (TPSA) is 75.4 Å². The van der Waals surface area contributed by atoms with Gasteiger partial charge in [0, 0.05) is 25.3 Å². The van der Waals surface area contributed by atoms with Crippen LogP contribution >= 0.6 is 0 Å². The Kier molecular flexibility index (Phi) is 4.66. The number of nitrogens with one attached hydrogen (secondary N) is 1. The van der Waals surface area contributed by atoms with E-state index in [9.17, 15) is 8.42 Å². The van der Waals surface area contributed by atoms with Gasteiger partial charge in [-0.25, -0.2) is 4.72 Å². The number of rotatable bonds is 5. The van der Waals surface area contributed by atoms with Crippen molar-refractivity contribution in [2.24, 2.45) is 0 Å². The van der Waals surface area contributed by atoms with Crippen molar-refractivity contribution >= 4 is 15.9 Å². The zero-order chi connectivity index (χ0) is 16.3. The van der Waals surface area contributed by atoms with Gasteiger partial charge in [0.05, 0.1) is 0 Å². The number of nitrogen functional groups attached to an aromatic ring is 1. The van der Waals surface area contributed by atoms with Crippen LogP contribution < -0.4 is 10.5 Å². The first-order chi connectivity index (χ1) is 11.0. The van der Waals surface area contributed by atoms with Crippen molar-refractivity contribution in [3.63, 3.8) is 0 Å². The molecule has 0 spiro atoms. The second-order valence-electron chi connectivity index (χ2n) is 5.74. The Bertz CT molecular complexity index is 773. The van der Waals surface area contributed by atoms with E-state index in [4.69, 9.17) is 5.73 Å². The van der Waals surface area contributed by atoms with Gasteiger partial charge >= 0.3 is 0 Å². The first kappa shape index (κ1) is 16.0. The lowest BCUT2D eigenvalue weighted by Crippen LogP contribution is -2.43. The highest BCUT2D eigenvalue weighted by Gasteiger charge is 2.25. The average molecular weight is 331 g/mol. The number of benzene rings is 2. The largest absolute Gasteiger partial charge is 0.399 e. The van der Waals surface area contributed by atoms with E-state index < -0.39 is 10.2 Å². The minimum absolute atomic E-state index is 0.379. The van der Waals surface area contributed by atoms with Crippen LogP contribution in [0, 0.1) is 0 Å². The molecule has 5 nitrogen and oxygen atoms in total. The van der Waals surface area contributed by atoms with Gasteiger partial charge in [0.25, 0.3) is 10.2 Å². The molecule has 0 aromatic heterocycles. The van der Waals surface area contributed by atoms with Crippen molar-refractivity contribution in [1.29, 1.82) is 0 Å². The summed E-state index contributed by atoms with van der Waals surface area (Å²) in [5.74, 6) is 0. The summed E-state index contributed by atoms with van der Waals surface area (Å²) >= 11 is 0. The van der Waals surface area contributed by atoms with Crippen LogP contribution in [0.2, 0.25) is 0 Å². The van der Waals surface area contributed by atoms with Gasteiger partial charge in [0.1, 0.15) is 0 Å². The van der Waals surface area contributed by atoms with Gasteiger partial charge < -0.3 is 5.73 Å². The first-order valence-corrected chi connectivity index (χ1v) is 9.14. The molecule has 0 amide bonds. The summed E-state index contributed by atoms with van der Waals surface area (Å²) in [4.78, 5) is 0. The third-order valence-electron chi connectivity index (χ3n) is 4.11. The van der Waals surface area contributed by atoms with E-state index in [1.807, 2.05) is 42.5 Å². The van der Waals surface area contributed by atoms with Gasteiger partial charge in [-0.3, -0.25) is 0 Å². The summed E-state index contributed by atoms with van der Waals surface area (Å²) in [7, 11) is -3.45. The number of hydrogen-bond donors (Lipinski definition) is 2. The molecule has 3 rings (SSSR count). The van der Waals surface area contributed by atoms with Crippen molar-refractivity contribution in [3.8, 4) is 0 Å². The normalized spacial score (nSPS) is 15.3. The Hall–Kier alpha value is -1.89. The maximum atomic E-state index is 12.4. The Balaban J connectivity index is 1.58. The highest BCUT2D eigenvalue weighted by molar-refractivity contribution is 7.87. The third-order valence-corrected chi connectivity index (χ3v) is 5.67. The fourth-order valence-corrected chi connectivity index (χ4v) is 3.96. The lowest BCUT2D eigenvalue weighted by Gasteiger charge is -2.28. The van der Waals surface area contributed by atoms with Crippen LogP contribution in [-0.2, 0) is 29.6 Å². The number of hydrogen-bond acceptors (Lipinski definition) is 3.